The highest BCUT2D eigenvalue weighted by molar-refractivity contribution is 6.30. The molecule has 1 aliphatic heterocycles. The molecule has 2 aromatic rings. The van der Waals surface area contributed by atoms with Crippen molar-refractivity contribution in [2.75, 3.05) is 0 Å². The van der Waals surface area contributed by atoms with Gasteiger partial charge in [0, 0.05) is 32.2 Å². The predicted molar refractivity (Wildman–Crippen MR) is 85.0 cm³/mol. The van der Waals surface area contributed by atoms with Crippen molar-refractivity contribution in [1.82, 2.24) is 9.88 Å². The minimum atomic E-state index is -0.651. The topological polar surface area (TPSA) is 59.5 Å². The summed E-state index contributed by atoms with van der Waals surface area (Å²) in [5.74, 6) is -0.380. The summed E-state index contributed by atoms with van der Waals surface area (Å²) in [5.41, 5.74) is 2.10. The van der Waals surface area contributed by atoms with Crippen LogP contribution in [0.25, 0.3) is 0 Å². The first-order valence-electron chi connectivity index (χ1n) is 7.21. The van der Waals surface area contributed by atoms with Gasteiger partial charge in [0.05, 0.1) is 11.2 Å². The van der Waals surface area contributed by atoms with Crippen molar-refractivity contribution < 1.29 is 14.3 Å². The summed E-state index contributed by atoms with van der Waals surface area (Å²) >= 11 is 5.84. The molecule has 5 nitrogen and oxygen atoms in total. The van der Waals surface area contributed by atoms with Crippen LogP contribution in [0.2, 0.25) is 5.02 Å². The van der Waals surface area contributed by atoms with Crippen LogP contribution in [-0.2, 0) is 22.6 Å². The van der Waals surface area contributed by atoms with Gasteiger partial charge >= 0.3 is 5.97 Å². The molecular formula is C17H15ClN2O3. The Balaban J connectivity index is 1.84. The van der Waals surface area contributed by atoms with Crippen molar-refractivity contribution in [2.24, 2.45) is 0 Å². The number of fused-ring (bicyclic) bond motifs is 1. The maximum atomic E-state index is 12.5. The second-order valence-corrected chi connectivity index (χ2v) is 5.83. The predicted octanol–water partition coefficient (Wildman–Crippen LogP) is 2.61. The zero-order valence-corrected chi connectivity index (χ0v) is 13.3. The van der Waals surface area contributed by atoms with E-state index in [0.29, 0.717) is 18.0 Å². The number of hydrogen-bond donors (Lipinski definition) is 0. The monoisotopic (exact) mass is 330 g/mol. The van der Waals surface area contributed by atoms with E-state index in [0.717, 1.165) is 11.1 Å². The van der Waals surface area contributed by atoms with Gasteiger partial charge in [-0.3, -0.25) is 9.78 Å². The number of ether oxygens (including phenoxy) is 1. The summed E-state index contributed by atoms with van der Waals surface area (Å²) in [7, 11) is 0. The highest BCUT2D eigenvalue weighted by Crippen LogP contribution is 2.25. The number of hydrogen-bond acceptors (Lipinski definition) is 4. The van der Waals surface area contributed by atoms with Gasteiger partial charge in [0.2, 0.25) is 5.91 Å². The van der Waals surface area contributed by atoms with Crippen LogP contribution in [0, 0.1) is 0 Å². The van der Waals surface area contributed by atoms with Crippen LogP contribution < -0.4 is 4.74 Å². The van der Waals surface area contributed by atoms with Gasteiger partial charge in [-0.05, 0) is 11.1 Å². The summed E-state index contributed by atoms with van der Waals surface area (Å²) in [6, 6.07) is 8.64. The highest BCUT2D eigenvalue weighted by Gasteiger charge is 2.34. The maximum absolute atomic E-state index is 12.5. The van der Waals surface area contributed by atoms with Crippen LogP contribution in [0.5, 0.6) is 5.75 Å². The molecule has 0 radical (unpaired) electrons. The van der Waals surface area contributed by atoms with Crippen molar-refractivity contribution >= 4 is 23.5 Å². The molecule has 6 heteroatoms. The van der Waals surface area contributed by atoms with E-state index in [4.69, 9.17) is 16.3 Å². The van der Waals surface area contributed by atoms with Gasteiger partial charge in [-0.2, -0.15) is 0 Å². The van der Waals surface area contributed by atoms with Crippen LogP contribution >= 0.6 is 11.6 Å². The summed E-state index contributed by atoms with van der Waals surface area (Å²) in [5, 5.41) is 0.382. The van der Waals surface area contributed by atoms with Gasteiger partial charge in [-0.1, -0.05) is 35.9 Å². The number of esters is 1. The Bertz CT molecular complexity index is 763. The standard InChI is InChI=1S/C17H15ClN2O3/c1-11(21)20-10-13-5-3-2-4-12(13)6-16(20)17(22)23-15-7-14(18)8-19-9-15/h2-5,7-9,16H,6,10H2,1H3. The first-order valence-corrected chi connectivity index (χ1v) is 7.58. The molecule has 1 amide bonds. The Labute approximate surface area is 138 Å². The molecule has 1 aromatic carbocycles. The van der Waals surface area contributed by atoms with E-state index in [1.807, 2.05) is 24.3 Å². The zero-order valence-electron chi connectivity index (χ0n) is 12.5. The van der Waals surface area contributed by atoms with Crippen molar-refractivity contribution in [3.63, 3.8) is 0 Å². The van der Waals surface area contributed by atoms with Crippen LogP contribution in [0.1, 0.15) is 18.1 Å². The van der Waals surface area contributed by atoms with Gasteiger partial charge in [0.25, 0.3) is 0 Å². The van der Waals surface area contributed by atoms with Gasteiger partial charge in [-0.25, -0.2) is 4.79 Å². The van der Waals surface area contributed by atoms with E-state index in [9.17, 15) is 9.59 Å². The number of amides is 1. The fraction of sp³-hybridized carbons (Fsp3) is 0.235. The van der Waals surface area contributed by atoms with Crippen molar-refractivity contribution in [2.45, 2.75) is 25.9 Å². The third kappa shape index (κ3) is 3.35. The van der Waals surface area contributed by atoms with E-state index in [-0.39, 0.29) is 11.7 Å². The third-order valence-electron chi connectivity index (χ3n) is 3.82. The van der Waals surface area contributed by atoms with Crippen molar-refractivity contribution in [3.8, 4) is 5.75 Å². The maximum Gasteiger partial charge on any atom is 0.334 e. The number of aromatic nitrogens is 1. The van der Waals surface area contributed by atoms with Crippen molar-refractivity contribution in [1.29, 1.82) is 0 Å². The quantitative estimate of drug-likeness (QED) is 0.794. The minimum absolute atomic E-state index is 0.161. The van der Waals surface area contributed by atoms with Crippen molar-refractivity contribution in [3.05, 3.63) is 58.9 Å². The third-order valence-corrected chi connectivity index (χ3v) is 4.03. The molecule has 1 aliphatic rings. The minimum Gasteiger partial charge on any atom is -0.423 e. The lowest BCUT2D eigenvalue weighted by Gasteiger charge is -2.34. The first kappa shape index (κ1) is 15.5. The molecule has 0 spiro atoms. The largest absolute Gasteiger partial charge is 0.423 e. The van der Waals surface area contributed by atoms with Gasteiger partial charge < -0.3 is 9.64 Å². The molecule has 2 heterocycles. The zero-order chi connectivity index (χ0) is 16.4. The van der Waals surface area contributed by atoms with E-state index >= 15 is 0 Å². The lowest BCUT2D eigenvalue weighted by Crippen LogP contribution is -2.49. The average molecular weight is 331 g/mol. The second-order valence-electron chi connectivity index (χ2n) is 5.40. The molecule has 118 valence electrons. The second kappa shape index (κ2) is 6.38. The smallest absolute Gasteiger partial charge is 0.334 e. The normalized spacial score (nSPS) is 16.6. The first-order chi connectivity index (χ1) is 11.0. The van der Waals surface area contributed by atoms with Crippen LogP contribution in [0.3, 0.4) is 0 Å². The van der Waals surface area contributed by atoms with E-state index < -0.39 is 12.0 Å². The number of carbonyl (C=O) groups is 2. The summed E-state index contributed by atoms with van der Waals surface area (Å²) in [6.07, 6.45) is 3.30. The van der Waals surface area contributed by atoms with Gasteiger partial charge in [0.15, 0.2) is 5.75 Å². The highest BCUT2D eigenvalue weighted by atomic mass is 35.5. The van der Waals surface area contributed by atoms with Crippen LogP contribution in [0.4, 0.5) is 0 Å². The number of pyridine rings is 1. The number of benzene rings is 1. The molecular weight excluding hydrogens is 316 g/mol. The van der Waals surface area contributed by atoms with Gasteiger partial charge in [0.1, 0.15) is 6.04 Å². The molecule has 3 rings (SSSR count). The van der Waals surface area contributed by atoms with Crippen LogP contribution in [-0.4, -0.2) is 27.8 Å². The lowest BCUT2D eigenvalue weighted by molar-refractivity contribution is -0.148. The Morgan fingerprint density at radius 2 is 2.00 bits per heavy atom. The SMILES string of the molecule is CC(=O)N1Cc2ccccc2CC1C(=O)Oc1cncc(Cl)c1. The molecule has 1 unspecified atom stereocenters. The molecule has 1 aromatic heterocycles. The Hall–Kier alpha value is -2.40. The Morgan fingerprint density at radius 3 is 2.70 bits per heavy atom. The molecule has 0 bridgehead atoms. The number of rotatable bonds is 2. The summed E-state index contributed by atoms with van der Waals surface area (Å²) < 4.78 is 5.35. The average Bonchev–Trinajstić information content (AvgIpc) is 2.53. The van der Waals surface area contributed by atoms with E-state index in [2.05, 4.69) is 4.98 Å². The van der Waals surface area contributed by atoms with E-state index in [1.165, 1.54) is 30.3 Å². The molecule has 1 atom stereocenters. The van der Waals surface area contributed by atoms with Gasteiger partial charge in [-0.15, -0.1) is 0 Å². The fourth-order valence-electron chi connectivity index (χ4n) is 2.70. The number of nitrogens with zero attached hydrogens (tertiary/aromatic N) is 2. The molecule has 0 fully saturated rings. The molecule has 0 aliphatic carbocycles. The van der Waals surface area contributed by atoms with E-state index in [1.54, 1.807) is 0 Å². The molecule has 0 saturated carbocycles. The number of carbonyl (C=O) groups excluding carboxylic acids is 2. The Kier molecular flexibility index (Phi) is 4.30. The molecule has 0 N–H and O–H groups in total. The molecule has 23 heavy (non-hydrogen) atoms. The molecule has 0 saturated heterocycles. The lowest BCUT2D eigenvalue weighted by atomic mass is 9.94. The fourth-order valence-corrected chi connectivity index (χ4v) is 2.86. The summed E-state index contributed by atoms with van der Waals surface area (Å²) in [6.45, 7) is 1.86. The Morgan fingerprint density at radius 1 is 1.26 bits per heavy atom. The summed E-state index contributed by atoms with van der Waals surface area (Å²) in [4.78, 5) is 29.8. The van der Waals surface area contributed by atoms with Crippen LogP contribution in [0.15, 0.2) is 42.7 Å². The number of halogens is 1.